The maximum Gasteiger partial charge on any atom is 0.416 e. The van der Waals surface area contributed by atoms with Crippen LogP contribution in [0.5, 0.6) is 0 Å². The molecule has 2 heterocycles. The van der Waals surface area contributed by atoms with Crippen molar-refractivity contribution in [1.29, 1.82) is 0 Å². The lowest BCUT2D eigenvalue weighted by atomic mass is 9.90. The fourth-order valence-corrected chi connectivity index (χ4v) is 4.11. The average molecular weight is 372 g/mol. The lowest BCUT2D eigenvalue weighted by molar-refractivity contribution is -0.140. The molecule has 1 saturated heterocycles. The Morgan fingerprint density at radius 1 is 1.20 bits per heavy atom. The van der Waals surface area contributed by atoms with E-state index in [1.165, 1.54) is 14.2 Å². The normalized spacial score (nSPS) is 23.6. The first-order chi connectivity index (χ1) is 11.8. The number of esters is 2. The summed E-state index contributed by atoms with van der Waals surface area (Å²) in [6, 6.07) is -0.733. The molecule has 10 heteroatoms. The molecule has 0 unspecified atom stereocenters. The van der Waals surface area contributed by atoms with Crippen molar-refractivity contribution in [2.75, 3.05) is 47.2 Å². The molecule has 2 rings (SSSR count). The minimum absolute atomic E-state index is 0.0570. The second kappa shape index (κ2) is 7.87. The number of imide groups is 1. The Balaban J connectivity index is 2.46. The van der Waals surface area contributed by atoms with Crippen molar-refractivity contribution in [3.8, 4) is 0 Å². The van der Waals surface area contributed by atoms with Gasteiger partial charge in [0.25, 0.3) is 0 Å². The molecule has 1 fully saturated rings. The summed E-state index contributed by atoms with van der Waals surface area (Å²) in [6.07, 6.45) is -0.699. The van der Waals surface area contributed by atoms with Crippen LogP contribution in [0.25, 0.3) is 0 Å². The van der Waals surface area contributed by atoms with Crippen molar-refractivity contribution < 1.29 is 33.4 Å². The number of cyclic esters (lactones) is 1. The number of amides is 2. The van der Waals surface area contributed by atoms with Crippen LogP contribution in [0.1, 0.15) is 0 Å². The van der Waals surface area contributed by atoms with Gasteiger partial charge in [0.2, 0.25) is 5.91 Å². The summed E-state index contributed by atoms with van der Waals surface area (Å²) in [5.41, 5.74) is 0.0570. The highest BCUT2D eigenvalue weighted by atomic mass is 32.2. The molecule has 25 heavy (non-hydrogen) atoms. The van der Waals surface area contributed by atoms with Gasteiger partial charge in [0.15, 0.2) is 0 Å². The standard InChI is InChI=1S/C15H20N2O7S/c1-16(2)10-8(12(18)17-5-6-24-15(17)21)7-25-11(14(20)23-4)9(10)13(19)22-3/h8,10H,5-7H2,1-4H3/t8-,10-/m0/s1. The summed E-state index contributed by atoms with van der Waals surface area (Å²) in [5.74, 6) is -2.32. The molecule has 138 valence electrons. The number of carbonyl (C=O) groups is 4. The smallest absolute Gasteiger partial charge is 0.416 e. The van der Waals surface area contributed by atoms with Gasteiger partial charge in [-0.05, 0) is 14.1 Å². The van der Waals surface area contributed by atoms with Crippen LogP contribution in [0.4, 0.5) is 4.79 Å². The molecule has 0 aliphatic carbocycles. The highest BCUT2D eigenvalue weighted by molar-refractivity contribution is 8.04. The fourth-order valence-electron chi connectivity index (χ4n) is 2.88. The maximum absolute atomic E-state index is 12.8. The van der Waals surface area contributed by atoms with E-state index in [1.807, 2.05) is 0 Å². The predicted octanol–water partition coefficient (Wildman–Crippen LogP) is -0.141. The van der Waals surface area contributed by atoms with Gasteiger partial charge in [0, 0.05) is 5.75 Å². The first-order valence-electron chi connectivity index (χ1n) is 7.51. The molecular formula is C15H20N2O7S. The summed E-state index contributed by atoms with van der Waals surface area (Å²) in [7, 11) is 5.78. The molecule has 0 bridgehead atoms. The summed E-state index contributed by atoms with van der Waals surface area (Å²) < 4.78 is 14.4. The van der Waals surface area contributed by atoms with Crippen molar-refractivity contribution in [1.82, 2.24) is 9.80 Å². The molecule has 0 spiro atoms. The molecule has 9 nitrogen and oxygen atoms in total. The molecule has 0 radical (unpaired) electrons. The number of hydrogen-bond donors (Lipinski definition) is 0. The van der Waals surface area contributed by atoms with Crippen LogP contribution in [-0.4, -0.2) is 87.0 Å². The minimum Gasteiger partial charge on any atom is -0.466 e. The zero-order valence-electron chi connectivity index (χ0n) is 14.4. The molecule has 2 atom stereocenters. The molecule has 2 amide bonds. The Morgan fingerprint density at radius 3 is 2.32 bits per heavy atom. The summed E-state index contributed by atoms with van der Waals surface area (Å²) in [6.45, 7) is 0.310. The Labute approximate surface area is 149 Å². The molecule has 0 saturated carbocycles. The molecule has 0 aromatic carbocycles. The second-order valence-electron chi connectivity index (χ2n) is 5.66. The summed E-state index contributed by atoms with van der Waals surface area (Å²) in [4.78, 5) is 51.7. The Kier molecular flexibility index (Phi) is 6.07. The number of thioether (sulfide) groups is 1. The quantitative estimate of drug-likeness (QED) is 0.493. The fraction of sp³-hybridized carbons (Fsp3) is 0.600. The second-order valence-corrected chi connectivity index (χ2v) is 6.69. The van der Waals surface area contributed by atoms with E-state index in [4.69, 9.17) is 14.2 Å². The van der Waals surface area contributed by atoms with Crippen LogP contribution in [0.15, 0.2) is 10.5 Å². The average Bonchev–Trinajstić information content (AvgIpc) is 3.04. The van der Waals surface area contributed by atoms with Crippen molar-refractivity contribution in [2.24, 2.45) is 5.92 Å². The first-order valence-corrected chi connectivity index (χ1v) is 8.50. The van der Waals surface area contributed by atoms with E-state index in [0.29, 0.717) is 0 Å². The van der Waals surface area contributed by atoms with Gasteiger partial charge >= 0.3 is 18.0 Å². The number of rotatable bonds is 4. The van der Waals surface area contributed by atoms with Crippen LogP contribution < -0.4 is 0 Å². The van der Waals surface area contributed by atoms with Gasteiger partial charge in [0.05, 0.1) is 38.3 Å². The molecule has 2 aliphatic rings. The molecule has 0 N–H and O–H groups in total. The van der Waals surface area contributed by atoms with E-state index in [0.717, 1.165) is 16.7 Å². The first kappa shape index (κ1) is 19.3. The van der Waals surface area contributed by atoms with E-state index >= 15 is 0 Å². The van der Waals surface area contributed by atoms with Crippen LogP contribution >= 0.6 is 11.8 Å². The summed E-state index contributed by atoms with van der Waals surface area (Å²) >= 11 is 1.04. The van der Waals surface area contributed by atoms with Crippen LogP contribution in [0, 0.1) is 5.92 Å². The minimum atomic E-state index is -0.733. The van der Waals surface area contributed by atoms with E-state index in [1.54, 1.807) is 19.0 Å². The van der Waals surface area contributed by atoms with Gasteiger partial charge in [-0.25, -0.2) is 19.3 Å². The van der Waals surface area contributed by atoms with Gasteiger partial charge in [-0.2, -0.15) is 0 Å². The third-order valence-corrected chi connectivity index (χ3v) is 5.21. The largest absolute Gasteiger partial charge is 0.466 e. The SMILES string of the molecule is COC(=O)C1=C(C(=O)OC)[C@@H](N(C)C)[C@@H](C(=O)N2CCOC2=O)CS1. The zero-order chi connectivity index (χ0) is 18.7. The van der Waals surface area contributed by atoms with Gasteiger partial charge in [-0.15, -0.1) is 11.8 Å². The summed E-state index contributed by atoms with van der Waals surface area (Å²) in [5, 5.41) is 0. The molecular weight excluding hydrogens is 352 g/mol. The Hall–Kier alpha value is -2.07. The maximum atomic E-state index is 12.8. The topological polar surface area (TPSA) is 102 Å². The van der Waals surface area contributed by atoms with Crippen LogP contribution in [0.3, 0.4) is 0 Å². The van der Waals surface area contributed by atoms with Crippen LogP contribution in [-0.2, 0) is 28.6 Å². The number of ether oxygens (including phenoxy) is 3. The Morgan fingerprint density at radius 2 is 1.84 bits per heavy atom. The number of nitrogens with zero attached hydrogens (tertiary/aromatic N) is 2. The van der Waals surface area contributed by atoms with Gasteiger partial charge < -0.3 is 19.1 Å². The van der Waals surface area contributed by atoms with E-state index < -0.39 is 35.9 Å². The van der Waals surface area contributed by atoms with Crippen molar-refractivity contribution in [3.05, 3.63) is 10.5 Å². The van der Waals surface area contributed by atoms with Crippen molar-refractivity contribution in [3.63, 3.8) is 0 Å². The number of likely N-dealkylation sites (N-methyl/N-ethyl adjacent to an activating group) is 1. The van der Waals surface area contributed by atoms with Gasteiger partial charge in [0.1, 0.15) is 11.5 Å². The molecule has 0 aromatic rings. The third-order valence-electron chi connectivity index (χ3n) is 4.01. The lowest BCUT2D eigenvalue weighted by Crippen LogP contribution is -2.51. The van der Waals surface area contributed by atoms with E-state index in [2.05, 4.69) is 0 Å². The molecule has 0 aromatic heterocycles. The van der Waals surface area contributed by atoms with Crippen LogP contribution in [0.2, 0.25) is 0 Å². The number of hydrogen-bond acceptors (Lipinski definition) is 9. The third kappa shape index (κ3) is 3.64. The number of carbonyl (C=O) groups excluding carboxylic acids is 4. The predicted molar refractivity (Wildman–Crippen MR) is 87.5 cm³/mol. The van der Waals surface area contributed by atoms with E-state index in [-0.39, 0.29) is 29.4 Å². The monoisotopic (exact) mass is 372 g/mol. The zero-order valence-corrected chi connectivity index (χ0v) is 15.3. The molecule has 2 aliphatic heterocycles. The number of methoxy groups -OCH3 is 2. The highest BCUT2D eigenvalue weighted by Gasteiger charge is 2.46. The lowest BCUT2D eigenvalue weighted by Gasteiger charge is -2.37. The van der Waals surface area contributed by atoms with Crippen molar-refractivity contribution in [2.45, 2.75) is 6.04 Å². The van der Waals surface area contributed by atoms with Gasteiger partial charge in [-0.3, -0.25) is 4.79 Å². The highest BCUT2D eigenvalue weighted by Crippen LogP contribution is 2.38. The van der Waals surface area contributed by atoms with E-state index in [9.17, 15) is 19.2 Å². The van der Waals surface area contributed by atoms with Crippen molar-refractivity contribution >= 4 is 35.7 Å². The Bertz CT molecular complexity index is 631. The van der Waals surface area contributed by atoms with Gasteiger partial charge in [-0.1, -0.05) is 0 Å².